The second-order valence-corrected chi connectivity index (χ2v) is 21.2. The predicted octanol–water partition coefficient (Wildman–Crippen LogP) is 1.55. The number of nitrogens with zero attached hydrogens (tertiary/aromatic N) is 3. The van der Waals surface area contributed by atoms with Gasteiger partial charge in [-0.1, -0.05) is 75.2 Å². The van der Waals surface area contributed by atoms with Crippen molar-refractivity contribution < 1.29 is 38.0 Å². The molecule has 0 aromatic heterocycles. The molecule has 298 valence electrons. The van der Waals surface area contributed by atoms with Crippen molar-refractivity contribution in [1.29, 1.82) is 0 Å². The zero-order valence-corrected chi connectivity index (χ0v) is 34.6. The zero-order chi connectivity index (χ0) is 39.4. The van der Waals surface area contributed by atoms with E-state index in [1.807, 2.05) is 53.4 Å². The van der Waals surface area contributed by atoms with E-state index in [-0.39, 0.29) is 28.8 Å². The summed E-state index contributed by atoms with van der Waals surface area (Å²) in [5.41, 5.74) is -1.44. The fraction of sp³-hybridized carbons (Fsp3) is 0.892. The Hall–Kier alpha value is -2.17. The predicted molar refractivity (Wildman–Crippen MR) is 199 cm³/mol. The summed E-state index contributed by atoms with van der Waals surface area (Å²) in [6.45, 7) is 18.4. The lowest BCUT2D eigenvalue weighted by Gasteiger charge is -2.42. The van der Waals surface area contributed by atoms with Crippen LogP contribution < -0.4 is 21.3 Å². The largest absolute Gasteiger partial charge is 0.380 e. The minimum atomic E-state index is -3.73. The van der Waals surface area contributed by atoms with Crippen LogP contribution in [0.1, 0.15) is 114 Å². The van der Waals surface area contributed by atoms with Crippen molar-refractivity contribution in [3.63, 3.8) is 0 Å². The summed E-state index contributed by atoms with van der Waals surface area (Å²) >= 11 is 0. The topological polar surface area (TPSA) is 185 Å². The Morgan fingerprint density at radius 2 is 1.54 bits per heavy atom. The molecule has 14 nitrogen and oxygen atoms in total. The van der Waals surface area contributed by atoms with Gasteiger partial charge in [0, 0.05) is 53.1 Å². The number of nitrogens with two attached hydrogens (primary N) is 1. The maximum Gasteiger partial charge on any atom is 0.380 e. The Balaban J connectivity index is 1.60. The van der Waals surface area contributed by atoms with Gasteiger partial charge in [0.2, 0.25) is 5.91 Å². The highest BCUT2D eigenvalue weighted by Crippen LogP contribution is 2.88. The molecule has 3 saturated carbocycles. The molecule has 0 radical (unpaired) electrons. The number of likely N-dealkylation sites (N-methyl/N-ethyl adjacent to an activating group) is 1. The first-order chi connectivity index (χ1) is 23.8. The van der Waals surface area contributed by atoms with Gasteiger partial charge in [-0.05, 0) is 52.8 Å². The van der Waals surface area contributed by atoms with Crippen molar-refractivity contribution >= 4 is 33.8 Å². The van der Waals surface area contributed by atoms with Gasteiger partial charge in [0.15, 0.2) is 0 Å². The molecule has 4 aliphatic rings. The molecule has 2 spiro atoms. The number of nitrogens with one attached hydrogen (secondary N) is 3. The van der Waals surface area contributed by atoms with E-state index in [9.17, 15) is 32.7 Å². The maximum absolute atomic E-state index is 14.3. The number of ketones is 1. The maximum atomic E-state index is 14.3. The van der Waals surface area contributed by atoms with Crippen LogP contribution in [0.25, 0.3) is 0 Å². The Labute approximate surface area is 312 Å². The van der Waals surface area contributed by atoms with Crippen LogP contribution in [0.4, 0.5) is 4.79 Å². The van der Waals surface area contributed by atoms with E-state index >= 15 is 0 Å². The van der Waals surface area contributed by atoms with E-state index in [2.05, 4.69) is 29.8 Å². The van der Waals surface area contributed by atoms with Gasteiger partial charge in [-0.25, -0.2) is 9.59 Å². The second-order valence-electron chi connectivity index (χ2n) is 19.0. The molecule has 1 heterocycles. The van der Waals surface area contributed by atoms with Gasteiger partial charge in [0.1, 0.15) is 12.3 Å². The van der Waals surface area contributed by atoms with E-state index in [0.717, 1.165) is 36.4 Å². The Kier molecular flexibility index (Phi) is 12.1. The molecule has 2 unspecified atom stereocenters. The van der Waals surface area contributed by atoms with Gasteiger partial charge < -0.3 is 21.1 Å². The summed E-state index contributed by atoms with van der Waals surface area (Å²) in [4.78, 5) is 56.1. The molecule has 6 atom stereocenters. The van der Waals surface area contributed by atoms with E-state index in [1.54, 1.807) is 0 Å². The highest BCUT2D eigenvalue weighted by molar-refractivity contribution is 7.86. The zero-order valence-electron chi connectivity index (χ0n) is 33.8. The minimum Gasteiger partial charge on any atom is -0.376 e. The fourth-order valence-electron chi connectivity index (χ4n) is 9.14. The molecule has 4 fully saturated rings. The van der Waals surface area contributed by atoms with Crippen molar-refractivity contribution in [3.05, 3.63) is 0 Å². The Morgan fingerprint density at radius 3 is 1.98 bits per heavy atom. The minimum absolute atomic E-state index is 0.0206. The van der Waals surface area contributed by atoms with Crippen molar-refractivity contribution in [1.82, 2.24) is 29.5 Å². The number of aliphatic hydroxyl groups is 1. The molecule has 3 aliphatic carbocycles. The number of urea groups is 1. The second kappa shape index (κ2) is 14.8. The first-order valence-corrected chi connectivity index (χ1v) is 20.5. The quantitative estimate of drug-likeness (QED) is 0.156. The van der Waals surface area contributed by atoms with Gasteiger partial charge in [0.05, 0.1) is 18.1 Å². The fourth-order valence-corrected chi connectivity index (χ4v) is 10.0. The lowest BCUT2D eigenvalue weighted by molar-refractivity contribution is -0.577. The van der Waals surface area contributed by atoms with Crippen molar-refractivity contribution in [3.8, 4) is 0 Å². The van der Waals surface area contributed by atoms with Crippen LogP contribution in [0, 0.1) is 27.1 Å². The summed E-state index contributed by atoms with van der Waals surface area (Å²) in [5, 5.41) is 22.7. The molecular formula is C37H68N7O7S+. The summed E-state index contributed by atoms with van der Waals surface area (Å²) in [6, 6.07) is -3.60. The highest BCUT2D eigenvalue weighted by Gasteiger charge is 2.85. The van der Waals surface area contributed by atoms with Gasteiger partial charge in [-0.2, -0.15) is 17.0 Å². The van der Waals surface area contributed by atoms with E-state index < -0.39 is 75.1 Å². The summed E-state index contributed by atoms with van der Waals surface area (Å²) in [5.74, 6) is -1.55. The van der Waals surface area contributed by atoms with Gasteiger partial charge >= 0.3 is 11.9 Å². The summed E-state index contributed by atoms with van der Waals surface area (Å²) in [6.07, 6.45) is 5.16. The number of aliphatic hydroxyl groups excluding tert-OH is 1. The number of primary amides is 1. The number of rotatable bonds is 15. The third-order valence-corrected chi connectivity index (χ3v) is 15.0. The number of quaternary nitrogens is 1. The molecule has 0 aromatic carbocycles. The Bertz CT molecular complexity index is 1480. The molecule has 0 aromatic rings. The monoisotopic (exact) mass is 754 g/mol. The molecule has 4 amide bonds. The average molecular weight is 755 g/mol. The van der Waals surface area contributed by atoms with Crippen LogP contribution in [-0.4, -0.2) is 121 Å². The number of likely N-dealkylation sites (tertiary alicyclic amines) is 1. The molecular weight excluding hydrogens is 687 g/mol. The number of carbonyl (C=O) groups excluding carboxylic acids is 4. The lowest BCUT2D eigenvalue weighted by Crippen LogP contribution is -2.92. The van der Waals surface area contributed by atoms with Crippen LogP contribution in [-0.2, 0) is 24.6 Å². The smallest absolute Gasteiger partial charge is 0.376 e. The van der Waals surface area contributed by atoms with Gasteiger partial charge in [-0.15, -0.1) is 0 Å². The van der Waals surface area contributed by atoms with E-state index in [0.29, 0.717) is 25.8 Å². The molecule has 6 N–H and O–H groups in total. The molecule has 0 bridgehead atoms. The normalized spacial score (nSPS) is 26.5. The molecule has 4 rings (SSSR count). The standard InChI is InChI=1S/C37H67N7O7S/c1-13-15-24(27(45)30(47)38-23-16-17-23)39-29(46)25-20-37(35(8,9)36(37)18-14-19-36)22-44(25)31(48)28(34(5,6)7)41-32(49)40-26(33(2,3)4)21-43(12)52(50,51)42(10)11/h23-26,28,31,48H,13-22H2,1-12H3,(H,38,47)(H,39,46)(H2,40,41,49)/p+1/t24?,25-,26+,28+,31?,37+/m0/s1. The van der Waals surface area contributed by atoms with Crippen LogP contribution in [0.3, 0.4) is 0 Å². The van der Waals surface area contributed by atoms with Crippen LogP contribution >= 0.6 is 0 Å². The number of carbonyl (C=O) groups is 4. The van der Waals surface area contributed by atoms with Crippen molar-refractivity contribution in [2.75, 3.05) is 34.2 Å². The van der Waals surface area contributed by atoms with Crippen LogP contribution in [0.5, 0.6) is 0 Å². The molecule has 15 heteroatoms. The first-order valence-electron chi connectivity index (χ1n) is 19.2. The Morgan fingerprint density at radius 1 is 0.942 bits per heavy atom. The average Bonchev–Trinajstić information content (AvgIpc) is 3.82. The van der Waals surface area contributed by atoms with Gasteiger partial charge in [-0.3, -0.25) is 19.8 Å². The van der Waals surface area contributed by atoms with Crippen molar-refractivity contribution in [2.45, 2.75) is 150 Å². The first kappa shape index (κ1) is 42.6. The number of amides is 4. The molecule has 1 saturated heterocycles. The summed E-state index contributed by atoms with van der Waals surface area (Å²) < 4.78 is 28.0. The van der Waals surface area contributed by atoms with Crippen LogP contribution in [0.15, 0.2) is 0 Å². The van der Waals surface area contributed by atoms with E-state index in [1.165, 1.54) is 30.8 Å². The summed E-state index contributed by atoms with van der Waals surface area (Å²) in [7, 11) is 0.643. The lowest BCUT2D eigenvalue weighted by atomic mass is 9.73. The third kappa shape index (κ3) is 7.95. The molecule has 1 aliphatic heterocycles. The number of fused-ring (bicyclic) bond motifs is 1. The number of hydrogen-bond acceptors (Lipinski definition) is 8. The SMILES string of the molecule is CCCC(NC(=O)[C@@H]1C[C@@]2(CN1C(O)[C@@H](NC(=O)N[C@H](CN(C)S(=O)(=O)N(C)C)C(C)(C)C)C(C)(C)C)C(C)(C)C21CCC1)C(=O)C(=O)[NH2+]C1CC1. The van der Waals surface area contributed by atoms with E-state index in [4.69, 9.17) is 0 Å². The van der Waals surface area contributed by atoms with Gasteiger partial charge in [0.25, 0.3) is 16.0 Å². The van der Waals surface area contributed by atoms with Crippen molar-refractivity contribution in [2.24, 2.45) is 27.1 Å². The highest BCUT2D eigenvalue weighted by atomic mass is 32.2. The number of Topliss-reactive ketones (excluding diaryl/α,β-unsaturated/α-hetero) is 1. The van der Waals surface area contributed by atoms with Crippen LogP contribution in [0.2, 0.25) is 0 Å². The third-order valence-electron chi connectivity index (χ3n) is 13.1. The number of hydrogen-bond donors (Lipinski definition) is 5. The molecule has 52 heavy (non-hydrogen) atoms.